The fourth-order valence-electron chi connectivity index (χ4n) is 4.58. The number of carbonyl (C=O) groups excluding carboxylic acids is 2. The van der Waals surface area contributed by atoms with Gasteiger partial charge in [0.1, 0.15) is 5.75 Å². The minimum absolute atomic E-state index is 0.163. The van der Waals surface area contributed by atoms with Crippen molar-refractivity contribution in [3.8, 4) is 5.75 Å². The number of ether oxygens (including phenoxy) is 1. The number of benzene rings is 2. The molecular formula is C27H33N3O5S2. The second-order valence-corrected chi connectivity index (χ2v) is 13.3. The predicted octanol–water partition coefficient (Wildman–Crippen LogP) is 5.45. The highest BCUT2D eigenvalue weighted by molar-refractivity contribution is 8.08. The minimum Gasteiger partial charge on any atom is -0.496 e. The van der Waals surface area contributed by atoms with Crippen molar-refractivity contribution in [2.75, 3.05) is 29.5 Å². The molecule has 1 unspecified atom stereocenters. The maximum Gasteiger partial charge on any atom is 0.328 e. The number of urea groups is 1. The van der Waals surface area contributed by atoms with Gasteiger partial charge in [-0.05, 0) is 53.6 Å². The number of hydrogen-bond donors (Lipinski definition) is 2. The molecule has 10 heteroatoms. The van der Waals surface area contributed by atoms with Crippen LogP contribution in [0.1, 0.15) is 63.1 Å². The maximum absolute atomic E-state index is 12.7. The van der Waals surface area contributed by atoms with E-state index in [0.717, 1.165) is 44.9 Å². The summed E-state index contributed by atoms with van der Waals surface area (Å²) in [7, 11) is -1.73. The summed E-state index contributed by atoms with van der Waals surface area (Å²) in [5.74, 6) is 0.634. The van der Waals surface area contributed by atoms with E-state index in [1.807, 2.05) is 24.3 Å². The molecule has 2 N–H and O–H groups in total. The predicted molar refractivity (Wildman–Crippen MR) is 149 cm³/mol. The highest BCUT2D eigenvalue weighted by Gasteiger charge is 2.30. The summed E-state index contributed by atoms with van der Waals surface area (Å²) in [5.41, 5.74) is 3.86. The average molecular weight is 544 g/mol. The summed E-state index contributed by atoms with van der Waals surface area (Å²) in [6, 6.07) is 9.10. The molecule has 0 aliphatic carbocycles. The van der Waals surface area contributed by atoms with Crippen LogP contribution in [0.5, 0.6) is 5.75 Å². The van der Waals surface area contributed by atoms with Gasteiger partial charge < -0.3 is 4.74 Å². The average Bonchev–Trinajstić information content (AvgIpc) is 2.95. The van der Waals surface area contributed by atoms with Crippen LogP contribution < -0.4 is 19.7 Å². The third-order valence-corrected chi connectivity index (χ3v) is 8.24. The molecule has 2 aromatic carbocycles. The summed E-state index contributed by atoms with van der Waals surface area (Å²) in [6.07, 6.45) is 4.30. The Labute approximate surface area is 222 Å². The zero-order valence-corrected chi connectivity index (χ0v) is 23.6. The standard InChI is InChI=1S/C27H33N3O5S2/c1-16-7-9-23(36-22-10-8-17(13-19(16)22)29-37(6,33)34)20-14-18(30-12-11-24(31)28-26(30)32)15-21(25(20)35-5)27(2,3)4/h8-10,13-16,29H,7,11-12H2,1-6H3,(H,28,31,32). The third kappa shape index (κ3) is 5.96. The van der Waals surface area contributed by atoms with E-state index in [4.69, 9.17) is 4.74 Å². The van der Waals surface area contributed by atoms with E-state index in [0.29, 0.717) is 17.9 Å². The molecule has 1 fully saturated rings. The number of nitrogens with zero attached hydrogens (tertiary/aromatic N) is 1. The monoisotopic (exact) mass is 543 g/mol. The van der Waals surface area contributed by atoms with E-state index in [1.54, 1.807) is 29.8 Å². The first kappa shape index (κ1) is 27.1. The molecule has 2 aliphatic heterocycles. The Kier molecular flexibility index (Phi) is 7.36. The fourth-order valence-corrected chi connectivity index (χ4v) is 6.33. The number of imide groups is 1. The van der Waals surface area contributed by atoms with Crippen LogP contribution in [0.2, 0.25) is 0 Å². The van der Waals surface area contributed by atoms with E-state index >= 15 is 0 Å². The van der Waals surface area contributed by atoms with Crippen molar-refractivity contribution in [1.29, 1.82) is 0 Å². The Balaban J connectivity index is 1.82. The highest BCUT2D eigenvalue weighted by atomic mass is 32.2. The molecule has 37 heavy (non-hydrogen) atoms. The summed E-state index contributed by atoms with van der Waals surface area (Å²) < 4.78 is 32.0. The van der Waals surface area contributed by atoms with E-state index in [9.17, 15) is 18.0 Å². The van der Waals surface area contributed by atoms with E-state index in [2.05, 4.69) is 43.8 Å². The molecule has 0 bridgehead atoms. The van der Waals surface area contributed by atoms with Crippen molar-refractivity contribution in [2.24, 2.45) is 0 Å². The van der Waals surface area contributed by atoms with Gasteiger partial charge in [-0.15, -0.1) is 0 Å². The van der Waals surface area contributed by atoms with E-state index in [1.165, 1.54) is 0 Å². The van der Waals surface area contributed by atoms with Crippen LogP contribution in [0.4, 0.5) is 16.2 Å². The second-order valence-electron chi connectivity index (χ2n) is 10.5. The number of thioether (sulfide) groups is 1. The third-order valence-electron chi connectivity index (χ3n) is 6.44. The Morgan fingerprint density at radius 3 is 2.51 bits per heavy atom. The van der Waals surface area contributed by atoms with Crippen LogP contribution in [0.25, 0.3) is 4.91 Å². The lowest BCUT2D eigenvalue weighted by molar-refractivity contribution is -0.120. The van der Waals surface area contributed by atoms with Gasteiger partial charge in [0.2, 0.25) is 15.9 Å². The van der Waals surface area contributed by atoms with Gasteiger partial charge >= 0.3 is 6.03 Å². The summed E-state index contributed by atoms with van der Waals surface area (Å²) >= 11 is 1.60. The second kappa shape index (κ2) is 10.1. The SMILES string of the molecule is COc1c(C2=CCC(C)c3cc(NS(C)(=O)=O)ccc3S2)cc(N2CCC(=O)NC2=O)cc1C(C)(C)C. The molecule has 2 heterocycles. The Morgan fingerprint density at radius 2 is 1.89 bits per heavy atom. The number of fused-ring (bicyclic) bond motifs is 1. The van der Waals surface area contributed by atoms with Crippen molar-refractivity contribution in [3.05, 3.63) is 53.1 Å². The molecule has 4 rings (SSSR count). The number of sulfonamides is 1. The highest BCUT2D eigenvalue weighted by Crippen LogP contribution is 2.49. The molecule has 2 aromatic rings. The van der Waals surface area contributed by atoms with Gasteiger partial charge in [0.15, 0.2) is 0 Å². The van der Waals surface area contributed by atoms with Gasteiger partial charge in [0.05, 0.1) is 13.4 Å². The lowest BCUT2D eigenvalue weighted by atomic mass is 9.84. The van der Waals surface area contributed by atoms with Crippen LogP contribution in [-0.2, 0) is 20.2 Å². The number of hydrogen-bond acceptors (Lipinski definition) is 6. The molecule has 0 spiro atoms. The number of carbonyl (C=O) groups is 2. The largest absolute Gasteiger partial charge is 0.496 e. The van der Waals surface area contributed by atoms with E-state index < -0.39 is 16.1 Å². The molecule has 2 aliphatic rings. The lowest BCUT2D eigenvalue weighted by Crippen LogP contribution is -2.49. The Morgan fingerprint density at radius 1 is 1.16 bits per heavy atom. The fraction of sp³-hybridized carbons (Fsp3) is 0.407. The zero-order valence-electron chi connectivity index (χ0n) is 22.0. The molecule has 1 saturated heterocycles. The smallest absolute Gasteiger partial charge is 0.328 e. The molecule has 3 amide bonds. The quantitative estimate of drug-likeness (QED) is 0.520. The van der Waals surface area contributed by atoms with Gasteiger partial charge in [-0.25, -0.2) is 13.2 Å². The summed E-state index contributed by atoms with van der Waals surface area (Å²) in [5, 5.41) is 2.41. The summed E-state index contributed by atoms with van der Waals surface area (Å²) in [4.78, 5) is 28.1. The first-order valence-corrected chi connectivity index (χ1v) is 14.8. The first-order valence-electron chi connectivity index (χ1n) is 12.1. The number of anilines is 2. The van der Waals surface area contributed by atoms with Crippen molar-refractivity contribution in [3.63, 3.8) is 0 Å². The minimum atomic E-state index is -3.38. The number of nitrogens with one attached hydrogen (secondary N) is 2. The van der Waals surface area contributed by atoms with E-state index in [-0.39, 0.29) is 23.7 Å². The van der Waals surface area contributed by atoms with Crippen LogP contribution in [0, 0.1) is 0 Å². The van der Waals surface area contributed by atoms with Crippen LogP contribution in [-0.4, -0.2) is 40.3 Å². The van der Waals surface area contributed by atoms with Gasteiger partial charge in [-0.1, -0.05) is 45.5 Å². The molecule has 0 radical (unpaired) electrons. The Hall–Kier alpha value is -2.98. The maximum atomic E-state index is 12.7. The first-order chi connectivity index (χ1) is 17.3. The molecule has 198 valence electrons. The van der Waals surface area contributed by atoms with Gasteiger partial charge in [0, 0.05) is 45.3 Å². The molecule has 0 aromatic heterocycles. The van der Waals surface area contributed by atoms with Crippen molar-refractivity contribution in [1.82, 2.24) is 5.32 Å². The number of amides is 3. The van der Waals surface area contributed by atoms with Crippen LogP contribution >= 0.6 is 11.8 Å². The van der Waals surface area contributed by atoms with Crippen molar-refractivity contribution >= 4 is 50.0 Å². The van der Waals surface area contributed by atoms with Crippen LogP contribution in [0.3, 0.4) is 0 Å². The number of methoxy groups -OCH3 is 1. The number of allylic oxidation sites excluding steroid dienone is 1. The molecular weight excluding hydrogens is 510 g/mol. The molecule has 1 atom stereocenters. The van der Waals surface area contributed by atoms with Gasteiger partial charge in [-0.2, -0.15) is 0 Å². The van der Waals surface area contributed by atoms with Gasteiger partial charge in [-0.3, -0.25) is 19.7 Å². The molecule has 0 saturated carbocycles. The Bertz CT molecular complexity index is 1390. The summed E-state index contributed by atoms with van der Waals surface area (Å²) in [6.45, 7) is 8.72. The lowest BCUT2D eigenvalue weighted by Gasteiger charge is -2.31. The number of rotatable bonds is 5. The van der Waals surface area contributed by atoms with Crippen LogP contribution in [0.15, 0.2) is 41.3 Å². The van der Waals surface area contributed by atoms with Crippen molar-refractivity contribution < 1.29 is 22.7 Å². The van der Waals surface area contributed by atoms with Gasteiger partial charge in [0.25, 0.3) is 0 Å². The van der Waals surface area contributed by atoms with Crippen molar-refractivity contribution in [2.45, 2.75) is 56.8 Å². The normalized spacial score (nSPS) is 18.5. The molecule has 8 nitrogen and oxygen atoms in total. The topological polar surface area (TPSA) is 105 Å². The zero-order chi connectivity index (χ0) is 27.1.